The number of halogens is 1. The summed E-state index contributed by atoms with van der Waals surface area (Å²) in [5.74, 6) is -0.884. The third-order valence-electron chi connectivity index (χ3n) is 5.58. The number of hydrogen-bond acceptors (Lipinski definition) is 4. The van der Waals surface area contributed by atoms with Crippen molar-refractivity contribution in [1.29, 1.82) is 0 Å². The van der Waals surface area contributed by atoms with E-state index in [2.05, 4.69) is 10.2 Å². The van der Waals surface area contributed by atoms with Gasteiger partial charge in [0.25, 0.3) is 5.91 Å². The lowest BCUT2D eigenvalue weighted by atomic mass is 9.87. The molecular weight excluding hydrogens is 402 g/mol. The lowest BCUT2D eigenvalue weighted by Gasteiger charge is -2.23. The Kier molecular flexibility index (Phi) is 5.00. The number of H-pyrrole nitrogens is 1. The van der Waals surface area contributed by atoms with Crippen molar-refractivity contribution in [2.24, 2.45) is 0 Å². The van der Waals surface area contributed by atoms with Crippen LogP contribution in [0.25, 0.3) is 0 Å². The summed E-state index contributed by atoms with van der Waals surface area (Å²) in [5.41, 5.74) is 2.50. The molecule has 1 aliphatic rings. The Bertz CT molecular complexity index is 1130. The number of nitrogens with zero attached hydrogens (tertiary/aromatic N) is 2. The van der Waals surface area contributed by atoms with Gasteiger partial charge < -0.3 is 10.0 Å². The molecule has 1 atom stereocenters. The van der Waals surface area contributed by atoms with Gasteiger partial charge in [0.05, 0.1) is 29.9 Å². The Morgan fingerprint density at radius 1 is 1.17 bits per heavy atom. The molecule has 0 unspecified atom stereocenters. The zero-order valence-corrected chi connectivity index (χ0v) is 17.7. The fourth-order valence-electron chi connectivity index (χ4n) is 4.01. The van der Waals surface area contributed by atoms with Crippen molar-refractivity contribution in [3.05, 3.63) is 81.1 Å². The number of carbonyl (C=O) groups excluding carboxylic acids is 2. The molecule has 3 aromatic rings. The van der Waals surface area contributed by atoms with Crippen LogP contribution in [-0.2, 0) is 16.9 Å². The Labute approximate surface area is 179 Å². The van der Waals surface area contributed by atoms with Gasteiger partial charge in [0, 0.05) is 16.3 Å². The van der Waals surface area contributed by atoms with Gasteiger partial charge >= 0.3 is 0 Å². The highest BCUT2D eigenvalue weighted by molar-refractivity contribution is 6.31. The average molecular weight is 424 g/mol. The first-order valence-corrected chi connectivity index (χ1v) is 10.0. The zero-order chi connectivity index (χ0) is 21.6. The molecule has 0 fully saturated rings. The number of aromatic amines is 1. The number of rotatable bonds is 5. The van der Waals surface area contributed by atoms with Crippen LogP contribution in [0.3, 0.4) is 0 Å². The van der Waals surface area contributed by atoms with Crippen molar-refractivity contribution in [2.45, 2.75) is 39.3 Å². The molecule has 30 heavy (non-hydrogen) atoms. The van der Waals surface area contributed by atoms with E-state index in [4.69, 9.17) is 11.6 Å². The molecule has 6 nitrogen and oxygen atoms in total. The molecule has 2 N–H and O–H groups in total. The van der Waals surface area contributed by atoms with E-state index in [1.54, 1.807) is 32.0 Å². The summed E-state index contributed by atoms with van der Waals surface area (Å²) in [5, 5.41) is 18.7. The third kappa shape index (κ3) is 3.32. The summed E-state index contributed by atoms with van der Waals surface area (Å²) in [4.78, 5) is 27.9. The van der Waals surface area contributed by atoms with E-state index in [-0.39, 0.29) is 18.7 Å². The number of Topliss-reactive ketones (excluding diaryl/α,β-unsaturated/α-hetero) is 1. The van der Waals surface area contributed by atoms with Gasteiger partial charge in [-0.05, 0) is 44.5 Å². The maximum atomic E-state index is 13.4. The van der Waals surface area contributed by atoms with Crippen molar-refractivity contribution < 1.29 is 14.7 Å². The normalized spacial score (nSPS) is 18.0. The zero-order valence-electron chi connectivity index (χ0n) is 17.0. The molecule has 1 aromatic heterocycles. The molecule has 2 heterocycles. The van der Waals surface area contributed by atoms with Crippen LogP contribution < -0.4 is 4.90 Å². The lowest BCUT2D eigenvalue weighted by Crippen LogP contribution is -2.41. The van der Waals surface area contributed by atoms with Crippen LogP contribution in [-0.4, -0.2) is 27.0 Å². The fourth-order valence-corrected chi connectivity index (χ4v) is 4.18. The van der Waals surface area contributed by atoms with Crippen LogP contribution in [0.1, 0.15) is 44.9 Å². The molecular formula is C23H22ClN3O3. The number of benzene rings is 2. The number of nitrogens with one attached hydrogen (secondary N) is 1. The van der Waals surface area contributed by atoms with Gasteiger partial charge in [-0.15, -0.1) is 0 Å². The van der Waals surface area contributed by atoms with Crippen LogP contribution in [0, 0.1) is 20.8 Å². The topological polar surface area (TPSA) is 86.3 Å². The van der Waals surface area contributed by atoms with Crippen LogP contribution in [0.4, 0.5) is 5.69 Å². The second kappa shape index (κ2) is 7.38. The van der Waals surface area contributed by atoms with Crippen molar-refractivity contribution in [3.8, 4) is 0 Å². The largest absolute Gasteiger partial charge is 0.375 e. The monoisotopic (exact) mass is 423 g/mol. The molecule has 2 aromatic carbocycles. The van der Waals surface area contributed by atoms with E-state index >= 15 is 0 Å². The predicted octanol–water partition coefficient (Wildman–Crippen LogP) is 4.00. The fraction of sp³-hybridized carbons (Fsp3) is 0.261. The molecule has 0 aliphatic carbocycles. The van der Waals surface area contributed by atoms with Crippen molar-refractivity contribution in [2.75, 3.05) is 4.90 Å². The SMILES string of the molecule is Cc1ccc(CN2C(=O)[C@@](O)(CC(=O)c3c(C)n[nH]c3C)c3cc(Cl)ccc32)cc1. The van der Waals surface area contributed by atoms with Gasteiger partial charge in [0.2, 0.25) is 0 Å². The number of aliphatic hydroxyl groups is 1. The van der Waals surface area contributed by atoms with Crippen LogP contribution in [0.15, 0.2) is 42.5 Å². The second-order valence-electron chi connectivity index (χ2n) is 7.81. The highest BCUT2D eigenvalue weighted by atomic mass is 35.5. The number of carbonyl (C=O) groups is 2. The summed E-state index contributed by atoms with van der Waals surface area (Å²) in [6, 6.07) is 12.8. The van der Waals surface area contributed by atoms with Crippen LogP contribution in [0.5, 0.6) is 0 Å². The molecule has 0 spiro atoms. The number of aromatic nitrogens is 2. The Hall–Kier alpha value is -2.96. The van der Waals surface area contributed by atoms with Crippen LogP contribution >= 0.6 is 11.6 Å². The minimum atomic E-state index is -1.99. The number of anilines is 1. The minimum absolute atomic E-state index is 0.286. The van der Waals surface area contributed by atoms with E-state index in [1.165, 1.54) is 4.90 Å². The molecule has 1 amide bonds. The van der Waals surface area contributed by atoms with E-state index in [0.717, 1.165) is 11.1 Å². The molecule has 0 bridgehead atoms. The van der Waals surface area contributed by atoms with Gasteiger partial charge in [0.1, 0.15) is 0 Å². The number of amides is 1. The van der Waals surface area contributed by atoms with E-state index in [9.17, 15) is 14.7 Å². The average Bonchev–Trinajstić information content (AvgIpc) is 3.13. The first kappa shape index (κ1) is 20.3. The van der Waals surface area contributed by atoms with Gasteiger partial charge in [-0.2, -0.15) is 5.10 Å². The molecule has 0 saturated heterocycles. The summed E-state index contributed by atoms with van der Waals surface area (Å²) in [7, 11) is 0. The first-order chi connectivity index (χ1) is 14.2. The molecule has 0 radical (unpaired) electrons. The lowest BCUT2D eigenvalue weighted by molar-refractivity contribution is -0.136. The van der Waals surface area contributed by atoms with Gasteiger partial charge in [0.15, 0.2) is 11.4 Å². The summed E-state index contributed by atoms with van der Waals surface area (Å²) in [6.45, 7) is 5.73. The number of ketones is 1. The molecule has 7 heteroatoms. The predicted molar refractivity (Wildman–Crippen MR) is 115 cm³/mol. The highest BCUT2D eigenvalue weighted by Crippen LogP contribution is 2.45. The summed E-state index contributed by atoms with van der Waals surface area (Å²) < 4.78 is 0. The van der Waals surface area contributed by atoms with E-state index in [1.807, 2.05) is 31.2 Å². The van der Waals surface area contributed by atoms with Crippen molar-refractivity contribution in [3.63, 3.8) is 0 Å². The third-order valence-corrected chi connectivity index (χ3v) is 5.81. The smallest absolute Gasteiger partial charge is 0.264 e. The van der Waals surface area contributed by atoms with Gasteiger partial charge in [-0.1, -0.05) is 41.4 Å². The molecule has 0 saturated carbocycles. The quantitative estimate of drug-likeness (QED) is 0.607. The maximum absolute atomic E-state index is 13.4. The second-order valence-corrected chi connectivity index (χ2v) is 8.24. The molecule has 4 rings (SSSR count). The van der Waals surface area contributed by atoms with E-state index < -0.39 is 11.5 Å². The summed E-state index contributed by atoms with van der Waals surface area (Å²) in [6.07, 6.45) is -0.384. The molecule has 1 aliphatic heterocycles. The Morgan fingerprint density at radius 2 is 1.87 bits per heavy atom. The van der Waals surface area contributed by atoms with Gasteiger partial charge in [-0.3, -0.25) is 14.7 Å². The standard InChI is InChI=1S/C23H22ClN3O3/c1-13-4-6-16(7-5-13)12-27-19-9-8-17(24)10-18(19)23(30,22(27)29)11-20(28)21-14(2)25-26-15(21)3/h4-10,30H,11-12H2,1-3H3,(H,25,26)/t23-/m1/s1. The Balaban J connectivity index is 1.73. The number of hydrogen-bond donors (Lipinski definition) is 2. The maximum Gasteiger partial charge on any atom is 0.264 e. The highest BCUT2D eigenvalue weighted by Gasteiger charge is 2.51. The van der Waals surface area contributed by atoms with Crippen molar-refractivity contribution >= 4 is 29.0 Å². The Morgan fingerprint density at radius 3 is 2.50 bits per heavy atom. The first-order valence-electron chi connectivity index (χ1n) is 9.65. The number of aryl methyl sites for hydroxylation is 3. The molecule has 154 valence electrons. The van der Waals surface area contributed by atoms with Crippen LogP contribution in [0.2, 0.25) is 5.02 Å². The number of fused-ring (bicyclic) bond motifs is 1. The minimum Gasteiger partial charge on any atom is -0.375 e. The summed E-state index contributed by atoms with van der Waals surface area (Å²) >= 11 is 6.17. The van der Waals surface area contributed by atoms with Gasteiger partial charge in [-0.25, -0.2) is 0 Å². The van der Waals surface area contributed by atoms with Crippen molar-refractivity contribution in [1.82, 2.24) is 10.2 Å². The van der Waals surface area contributed by atoms with E-state index in [0.29, 0.717) is 33.2 Å².